The van der Waals surface area contributed by atoms with E-state index in [2.05, 4.69) is 17.1 Å². The zero-order valence-electron chi connectivity index (χ0n) is 37.1. The number of nitrogens with zero attached hydrogens (tertiary/aromatic N) is 3. The third-order valence-electron chi connectivity index (χ3n) is 11.5. The Bertz CT molecular complexity index is 1180. The van der Waals surface area contributed by atoms with E-state index in [1.165, 1.54) is 13.8 Å². The molecule has 324 valence electrons. The average molecular weight is 789 g/mol. The predicted molar refractivity (Wildman–Crippen MR) is 214 cm³/mol. The molecule has 0 amide bonds. The molecule has 0 aromatic heterocycles. The van der Waals surface area contributed by atoms with Crippen molar-refractivity contribution in [3.8, 4) is 0 Å². The Labute approximate surface area is 332 Å². The Kier molecular flexibility index (Phi) is 19.1. The van der Waals surface area contributed by atoms with Crippen LogP contribution < -0.4 is 5.32 Å². The SMILES string of the molecule is CC[C@H]1OC(=O)[C@H](C)C(=O)[C@H](C)[C@@H](O[C@@H]2O[C@H](C)[C@@H](OC(C)(C)C)[C@H](N(C)C)[C@H]2O)[C@](C)(OCCNCCCN(C)C)C[C@@H](C)CN(C)[C@H](C)[C@@H](O)[C@]1(C)O. The fourth-order valence-electron chi connectivity index (χ4n) is 8.33. The Morgan fingerprint density at radius 3 is 2.18 bits per heavy atom. The lowest BCUT2D eigenvalue weighted by Crippen LogP contribution is -2.65. The summed E-state index contributed by atoms with van der Waals surface area (Å²) in [4.78, 5) is 34.2. The highest BCUT2D eigenvalue weighted by Gasteiger charge is 2.53. The Hall–Kier alpha value is -1.30. The quantitative estimate of drug-likeness (QED) is 0.122. The molecule has 2 heterocycles. The van der Waals surface area contributed by atoms with E-state index in [9.17, 15) is 24.9 Å². The fraction of sp³-hybridized carbons (Fsp3) is 0.951. The van der Waals surface area contributed by atoms with Crippen molar-refractivity contribution in [2.75, 3.05) is 68.0 Å². The Morgan fingerprint density at radius 1 is 1.02 bits per heavy atom. The summed E-state index contributed by atoms with van der Waals surface area (Å²) in [7, 11) is 9.72. The molecule has 2 aliphatic heterocycles. The third kappa shape index (κ3) is 13.6. The first-order valence-corrected chi connectivity index (χ1v) is 20.5. The molecule has 0 unspecified atom stereocenters. The molecule has 14 nitrogen and oxygen atoms in total. The maximum Gasteiger partial charge on any atom is 0.316 e. The molecule has 2 aliphatic rings. The van der Waals surface area contributed by atoms with Gasteiger partial charge in [0.05, 0.1) is 36.1 Å². The number of esters is 1. The second kappa shape index (κ2) is 21.1. The van der Waals surface area contributed by atoms with Gasteiger partial charge < -0.3 is 59.0 Å². The van der Waals surface area contributed by atoms with Gasteiger partial charge in [-0.3, -0.25) is 9.59 Å². The van der Waals surface area contributed by atoms with Crippen LogP contribution in [0.1, 0.15) is 95.4 Å². The minimum atomic E-state index is -1.79. The molecule has 14 atom stereocenters. The van der Waals surface area contributed by atoms with E-state index in [0.717, 1.165) is 19.5 Å². The number of aliphatic hydroxyl groups is 3. The topological polar surface area (TPSA) is 163 Å². The van der Waals surface area contributed by atoms with Crippen LogP contribution in [-0.2, 0) is 33.3 Å². The van der Waals surface area contributed by atoms with Gasteiger partial charge in [0, 0.05) is 25.0 Å². The average Bonchev–Trinajstić information content (AvgIpc) is 3.07. The fourth-order valence-corrected chi connectivity index (χ4v) is 8.33. The van der Waals surface area contributed by atoms with E-state index in [1.807, 2.05) is 86.6 Å². The molecule has 0 radical (unpaired) electrons. The smallest absolute Gasteiger partial charge is 0.316 e. The minimum absolute atomic E-state index is 0.0614. The molecular weight excluding hydrogens is 708 g/mol. The molecule has 4 N–H and O–H groups in total. The number of aliphatic hydroxyl groups excluding tert-OH is 2. The van der Waals surface area contributed by atoms with Crippen molar-refractivity contribution in [2.45, 2.75) is 167 Å². The number of ketones is 1. The van der Waals surface area contributed by atoms with Gasteiger partial charge in [0.25, 0.3) is 0 Å². The van der Waals surface area contributed by atoms with Gasteiger partial charge >= 0.3 is 5.97 Å². The molecule has 0 spiro atoms. The van der Waals surface area contributed by atoms with Crippen molar-refractivity contribution in [1.29, 1.82) is 0 Å². The van der Waals surface area contributed by atoms with Gasteiger partial charge in [-0.2, -0.15) is 0 Å². The first-order valence-electron chi connectivity index (χ1n) is 20.5. The van der Waals surface area contributed by atoms with Crippen molar-refractivity contribution >= 4 is 11.8 Å². The van der Waals surface area contributed by atoms with Crippen LogP contribution in [-0.4, -0.2) is 182 Å². The second-order valence-corrected chi connectivity index (χ2v) is 18.4. The number of ether oxygens (including phenoxy) is 5. The first-order chi connectivity index (χ1) is 25.3. The van der Waals surface area contributed by atoms with E-state index >= 15 is 0 Å². The van der Waals surface area contributed by atoms with Gasteiger partial charge in [0.15, 0.2) is 12.1 Å². The number of hydrogen-bond donors (Lipinski definition) is 4. The highest BCUT2D eigenvalue weighted by Crippen LogP contribution is 2.38. The van der Waals surface area contributed by atoms with Gasteiger partial charge in [-0.1, -0.05) is 20.8 Å². The van der Waals surface area contributed by atoms with E-state index < -0.39 is 95.4 Å². The summed E-state index contributed by atoms with van der Waals surface area (Å²) >= 11 is 0. The number of carbonyl (C=O) groups excluding carboxylic acids is 2. The number of Topliss-reactive ketones (excluding diaryl/α,β-unsaturated/α-hetero) is 1. The molecule has 2 fully saturated rings. The maximum absolute atomic E-state index is 14.5. The lowest BCUT2D eigenvalue weighted by Gasteiger charge is -2.50. The highest BCUT2D eigenvalue weighted by atomic mass is 16.7. The normalized spacial score (nSPS) is 39.6. The molecule has 0 aromatic carbocycles. The van der Waals surface area contributed by atoms with Gasteiger partial charge in [-0.05, 0) is 129 Å². The molecule has 0 bridgehead atoms. The zero-order chi connectivity index (χ0) is 42.2. The molecule has 0 aliphatic carbocycles. The summed E-state index contributed by atoms with van der Waals surface area (Å²) in [6.45, 7) is 23.2. The standard InChI is InChI=1S/C41H80N4O10/c1-17-30-41(11,50)35(48)28(5)45(16)24-25(2)23-40(10,51-22-20-42-19-18-21-43(12)13)36(26(3)32(46)27(4)37(49)53-30)54-38-33(47)31(44(14)15)34(29(6)52-38)55-39(7,8)9/h25-31,33-36,38,42,47-48,50H,17-24H2,1-16H3/t25-,26+,27-,28-,29-,30-,31-,33-,34-,35-,36-,38+,40-,41-/m1/s1. The van der Waals surface area contributed by atoms with Crippen molar-refractivity contribution in [3.05, 3.63) is 0 Å². The van der Waals surface area contributed by atoms with Crippen LogP contribution in [0.25, 0.3) is 0 Å². The summed E-state index contributed by atoms with van der Waals surface area (Å²) in [5.41, 5.74) is -3.42. The number of cyclic esters (lactones) is 1. The maximum atomic E-state index is 14.5. The van der Waals surface area contributed by atoms with Crippen LogP contribution in [0.5, 0.6) is 0 Å². The van der Waals surface area contributed by atoms with E-state index in [1.54, 1.807) is 13.8 Å². The van der Waals surface area contributed by atoms with Crippen LogP contribution in [0, 0.1) is 17.8 Å². The Balaban J connectivity index is 2.67. The predicted octanol–water partition coefficient (Wildman–Crippen LogP) is 2.54. The lowest BCUT2D eigenvalue weighted by atomic mass is 9.78. The number of hydrogen-bond acceptors (Lipinski definition) is 14. The monoisotopic (exact) mass is 789 g/mol. The van der Waals surface area contributed by atoms with Gasteiger partial charge in [0.1, 0.15) is 35.9 Å². The minimum Gasteiger partial charge on any atom is -0.459 e. The molecule has 55 heavy (non-hydrogen) atoms. The second-order valence-electron chi connectivity index (χ2n) is 18.4. The van der Waals surface area contributed by atoms with Gasteiger partial charge in [-0.15, -0.1) is 0 Å². The molecule has 0 aromatic rings. The van der Waals surface area contributed by atoms with Crippen LogP contribution in [0.2, 0.25) is 0 Å². The summed E-state index contributed by atoms with van der Waals surface area (Å²) in [5.74, 6) is -3.46. The molecule has 0 saturated carbocycles. The van der Waals surface area contributed by atoms with Crippen LogP contribution in [0.15, 0.2) is 0 Å². The van der Waals surface area contributed by atoms with Crippen molar-refractivity contribution in [2.24, 2.45) is 17.8 Å². The molecule has 14 heteroatoms. The molecule has 2 rings (SSSR count). The third-order valence-corrected chi connectivity index (χ3v) is 11.5. The van der Waals surface area contributed by atoms with E-state index in [-0.39, 0.29) is 12.3 Å². The molecular formula is C41H80N4O10. The van der Waals surface area contributed by atoms with E-state index in [4.69, 9.17) is 23.7 Å². The van der Waals surface area contributed by atoms with Crippen molar-refractivity contribution in [1.82, 2.24) is 20.0 Å². The number of nitrogens with one attached hydrogen (secondary N) is 1. The van der Waals surface area contributed by atoms with E-state index in [0.29, 0.717) is 26.1 Å². The van der Waals surface area contributed by atoms with Crippen LogP contribution in [0.3, 0.4) is 0 Å². The number of rotatable bonds is 13. The highest BCUT2D eigenvalue weighted by molar-refractivity contribution is 6.00. The summed E-state index contributed by atoms with van der Waals surface area (Å²) in [6.07, 6.45) is -5.00. The molecule has 2 saturated heterocycles. The Morgan fingerprint density at radius 2 is 1.64 bits per heavy atom. The van der Waals surface area contributed by atoms with Gasteiger partial charge in [0.2, 0.25) is 0 Å². The number of likely N-dealkylation sites (N-methyl/N-ethyl adjacent to an activating group) is 2. The largest absolute Gasteiger partial charge is 0.459 e. The summed E-state index contributed by atoms with van der Waals surface area (Å²) < 4.78 is 32.4. The number of carbonyl (C=O) groups is 2. The van der Waals surface area contributed by atoms with Crippen molar-refractivity contribution in [3.63, 3.8) is 0 Å². The van der Waals surface area contributed by atoms with Crippen molar-refractivity contribution < 1.29 is 48.6 Å². The van der Waals surface area contributed by atoms with Crippen LogP contribution >= 0.6 is 0 Å². The van der Waals surface area contributed by atoms with Gasteiger partial charge in [-0.25, -0.2) is 0 Å². The lowest BCUT2D eigenvalue weighted by molar-refractivity contribution is -0.325. The summed E-state index contributed by atoms with van der Waals surface area (Å²) in [6, 6.07) is -1.02. The first kappa shape index (κ1) is 49.8. The summed E-state index contributed by atoms with van der Waals surface area (Å²) in [5, 5.41) is 38.5. The van der Waals surface area contributed by atoms with Crippen LogP contribution in [0.4, 0.5) is 0 Å². The zero-order valence-corrected chi connectivity index (χ0v) is 37.1.